The number of carbonyl (C=O) groups is 1. The third-order valence-electron chi connectivity index (χ3n) is 5.25. The van der Waals surface area contributed by atoms with Crippen LogP contribution in [-0.4, -0.2) is 53.7 Å². The van der Waals surface area contributed by atoms with Crippen LogP contribution in [0.4, 0.5) is 5.69 Å². The number of benzene rings is 2. The highest BCUT2D eigenvalue weighted by Crippen LogP contribution is 2.20. The summed E-state index contributed by atoms with van der Waals surface area (Å²) >= 11 is 1.66. The van der Waals surface area contributed by atoms with E-state index in [1.54, 1.807) is 11.8 Å². The molecule has 28 heavy (non-hydrogen) atoms. The lowest BCUT2D eigenvalue weighted by Gasteiger charge is -2.34. The summed E-state index contributed by atoms with van der Waals surface area (Å²) in [4.78, 5) is 17.4. The Balaban J connectivity index is 1.43. The first-order valence-corrected chi connectivity index (χ1v) is 11.2. The molecular formula is C23H31N3OS. The predicted octanol–water partition coefficient (Wildman–Crippen LogP) is 4.08. The summed E-state index contributed by atoms with van der Waals surface area (Å²) in [5.41, 5.74) is 3.42. The molecule has 1 aliphatic rings. The monoisotopic (exact) mass is 397 g/mol. The van der Waals surface area contributed by atoms with Gasteiger partial charge in [-0.2, -0.15) is 0 Å². The SMILES string of the molecule is CCN1CCN(Cc2ccc(NC(=O)C(C)SCc3ccccc3)cc2)CC1. The molecule has 150 valence electrons. The van der Waals surface area contributed by atoms with E-state index in [1.807, 2.05) is 37.3 Å². The number of anilines is 1. The number of piperazine rings is 1. The van der Waals surface area contributed by atoms with Crippen LogP contribution in [0.25, 0.3) is 0 Å². The Morgan fingerprint density at radius 3 is 2.25 bits per heavy atom. The lowest BCUT2D eigenvalue weighted by molar-refractivity contribution is -0.115. The lowest BCUT2D eigenvalue weighted by atomic mass is 10.1. The van der Waals surface area contributed by atoms with Crippen LogP contribution in [0.3, 0.4) is 0 Å². The van der Waals surface area contributed by atoms with Crippen molar-refractivity contribution >= 4 is 23.4 Å². The van der Waals surface area contributed by atoms with Gasteiger partial charge in [0.05, 0.1) is 5.25 Å². The first kappa shape index (κ1) is 20.9. The van der Waals surface area contributed by atoms with Crippen molar-refractivity contribution < 1.29 is 4.79 Å². The van der Waals surface area contributed by atoms with Crippen LogP contribution in [-0.2, 0) is 17.1 Å². The fraction of sp³-hybridized carbons (Fsp3) is 0.435. The average molecular weight is 398 g/mol. The Kier molecular flexibility index (Phi) is 7.95. The number of hydrogen-bond acceptors (Lipinski definition) is 4. The zero-order valence-electron chi connectivity index (χ0n) is 16.9. The van der Waals surface area contributed by atoms with Gasteiger partial charge in [-0.25, -0.2) is 0 Å². The van der Waals surface area contributed by atoms with Crippen molar-refractivity contribution in [2.75, 3.05) is 38.0 Å². The van der Waals surface area contributed by atoms with E-state index in [9.17, 15) is 4.79 Å². The predicted molar refractivity (Wildman–Crippen MR) is 120 cm³/mol. The van der Waals surface area contributed by atoms with Crippen LogP contribution in [0.2, 0.25) is 0 Å². The molecule has 3 rings (SSSR count). The molecule has 0 saturated carbocycles. The number of rotatable bonds is 8. The van der Waals surface area contributed by atoms with E-state index in [4.69, 9.17) is 0 Å². The van der Waals surface area contributed by atoms with Crippen molar-refractivity contribution in [2.24, 2.45) is 0 Å². The molecular weight excluding hydrogens is 366 g/mol. The van der Waals surface area contributed by atoms with Gasteiger partial charge in [0.15, 0.2) is 0 Å². The summed E-state index contributed by atoms with van der Waals surface area (Å²) in [6.45, 7) is 10.9. The molecule has 4 nitrogen and oxygen atoms in total. The summed E-state index contributed by atoms with van der Waals surface area (Å²) < 4.78 is 0. The molecule has 2 aromatic rings. The second kappa shape index (κ2) is 10.6. The zero-order chi connectivity index (χ0) is 19.8. The molecule has 0 bridgehead atoms. The van der Waals surface area contributed by atoms with E-state index < -0.39 is 0 Å². The number of hydrogen-bond donors (Lipinski definition) is 1. The number of nitrogens with one attached hydrogen (secondary N) is 1. The molecule has 1 fully saturated rings. The third-order valence-corrected chi connectivity index (χ3v) is 6.47. The summed E-state index contributed by atoms with van der Waals surface area (Å²) in [6, 6.07) is 18.6. The van der Waals surface area contributed by atoms with Crippen molar-refractivity contribution in [2.45, 2.75) is 31.4 Å². The van der Waals surface area contributed by atoms with Gasteiger partial charge in [0.2, 0.25) is 5.91 Å². The second-order valence-corrected chi connectivity index (χ2v) is 8.66. The van der Waals surface area contributed by atoms with E-state index >= 15 is 0 Å². The van der Waals surface area contributed by atoms with E-state index in [2.05, 4.69) is 46.3 Å². The minimum Gasteiger partial charge on any atom is -0.325 e. The minimum atomic E-state index is -0.0882. The molecule has 0 aliphatic carbocycles. The van der Waals surface area contributed by atoms with E-state index in [0.717, 1.165) is 50.7 Å². The molecule has 0 radical (unpaired) electrons. The van der Waals surface area contributed by atoms with Crippen LogP contribution in [0.5, 0.6) is 0 Å². The lowest BCUT2D eigenvalue weighted by Crippen LogP contribution is -2.45. The standard InChI is InChI=1S/C23H31N3OS/c1-3-25-13-15-26(16-14-25)17-20-9-11-22(12-10-20)24-23(27)19(2)28-18-21-7-5-4-6-8-21/h4-12,19H,3,13-18H2,1-2H3,(H,24,27). The number of nitrogens with zero attached hydrogens (tertiary/aromatic N) is 2. The van der Waals surface area contributed by atoms with Crippen molar-refractivity contribution in [1.29, 1.82) is 0 Å². The molecule has 0 spiro atoms. The van der Waals surface area contributed by atoms with Crippen LogP contribution < -0.4 is 5.32 Å². The van der Waals surface area contributed by atoms with Crippen LogP contribution in [0.1, 0.15) is 25.0 Å². The zero-order valence-corrected chi connectivity index (χ0v) is 17.8. The molecule has 1 atom stereocenters. The Hall–Kier alpha value is -1.82. The van der Waals surface area contributed by atoms with Crippen molar-refractivity contribution in [1.82, 2.24) is 9.80 Å². The average Bonchev–Trinajstić information content (AvgIpc) is 2.74. The van der Waals surface area contributed by atoms with Crippen LogP contribution in [0.15, 0.2) is 54.6 Å². The van der Waals surface area contributed by atoms with Crippen molar-refractivity contribution in [3.8, 4) is 0 Å². The van der Waals surface area contributed by atoms with Crippen LogP contribution >= 0.6 is 11.8 Å². The van der Waals surface area contributed by atoms with Gasteiger partial charge in [-0.1, -0.05) is 49.4 Å². The molecule has 1 amide bonds. The van der Waals surface area contributed by atoms with Gasteiger partial charge < -0.3 is 10.2 Å². The van der Waals surface area contributed by atoms with Gasteiger partial charge in [0, 0.05) is 44.2 Å². The Bertz CT molecular complexity index is 727. The largest absolute Gasteiger partial charge is 0.325 e. The summed E-state index contributed by atoms with van der Waals surface area (Å²) in [7, 11) is 0. The quantitative estimate of drug-likeness (QED) is 0.728. The third kappa shape index (κ3) is 6.36. The topological polar surface area (TPSA) is 35.6 Å². The maximum atomic E-state index is 12.4. The van der Waals surface area contributed by atoms with E-state index in [-0.39, 0.29) is 11.2 Å². The van der Waals surface area contributed by atoms with E-state index in [1.165, 1.54) is 11.1 Å². The summed E-state index contributed by atoms with van der Waals surface area (Å²) in [5.74, 6) is 0.906. The molecule has 1 heterocycles. The van der Waals surface area contributed by atoms with Crippen LogP contribution in [0, 0.1) is 0 Å². The van der Waals surface area contributed by atoms with Gasteiger partial charge in [0.1, 0.15) is 0 Å². The minimum absolute atomic E-state index is 0.0596. The van der Waals surface area contributed by atoms with E-state index in [0.29, 0.717) is 0 Å². The highest BCUT2D eigenvalue weighted by Gasteiger charge is 2.16. The number of carbonyl (C=O) groups excluding carboxylic acids is 1. The van der Waals surface area contributed by atoms with Gasteiger partial charge in [-0.05, 0) is 36.7 Å². The highest BCUT2D eigenvalue weighted by molar-refractivity contribution is 7.99. The molecule has 2 aromatic carbocycles. The maximum absolute atomic E-state index is 12.4. The van der Waals surface area contributed by atoms with Gasteiger partial charge in [0.25, 0.3) is 0 Å². The van der Waals surface area contributed by atoms with Crippen molar-refractivity contribution in [3.05, 3.63) is 65.7 Å². The first-order valence-electron chi connectivity index (χ1n) is 10.1. The fourth-order valence-electron chi connectivity index (χ4n) is 3.33. The summed E-state index contributed by atoms with van der Waals surface area (Å²) in [5, 5.41) is 2.95. The second-order valence-electron chi connectivity index (χ2n) is 7.34. The molecule has 0 aromatic heterocycles. The van der Waals surface area contributed by atoms with Gasteiger partial charge in [-0.3, -0.25) is 9.69 Å². The summed E-state index contributed by atoms with van der Waals surface area (Å²) in [6.07, 6.45) is 0. The molecule has 1 unspecified atom stereocenters. The Labute approximate surface area is 173 Å². The van der Waals surface area contributed by atoms with Crippen molar-refractivity contribution in [3.63, 3.8) is 0 Å². The number of likely N-dealkylation sites (N-methyl/N-ethyl adjacent to an activating group) is 1. The highest BCUT2D eigenvalue weighted by atomic mass is 32.2. The molecule has 1 N–H and O–H groups in total. The number of amides is 1. The van der Waals surface area contributed by atoms with Gasteiger partial charge >= 0.3 is 0 Å². The smallest absolute Gasteiger partial charge is 0.237 e. The maximum Gasteiger partial charge on any atom is 0.237 e. The Morgan fingerprint density at radius 2 is 1.61 bits per heavy atom. The van der Waals surface area contributed by atoms with Gasteiger partial charge in [-0.15, -0.1) is 11.8 Å². The molecule has 1 saturated heterocycles. The molecule has 5 heteroatoms. The Morgan fingerprint density at radius 1 is 0.964 bits per heavy atom. The first-order chi connectivity index (χ1) is 13.6. The molecule has 1 aliphatic heterocycles. The number of thioether (sulfide) groups is 1. The fourth-order valence-corrected chi connectivity index (χ4v) is 4.18. The normalized spacial score (nSPS) is 16.6.